The summed E-state index contributed by atoms with van der Waals surface area (Å²) in [5, 5.41) is 9.17. The number of hydrogen-bond donors (Lipinski definition) is 0. The van der Waals surface area contributed by atoms with Crippen molar-refractivity contribution in [3.63, 3.8) is 0 Å². The fourth-order valence-electron chi connectivity index (χ4n) is 3.20. The third kappa shape index (κ3) is 2.80. The number of nitriles is 1. The molecule has 27 heavy (non-hydrogen) atoms. The van der Waals surface area contributed by atoms with E-state index in [2.05, 4.69) is 0 Å². The summed E-state index contributed by atoms with van der Waals surface area (Å²) in [5.74, 6) is -0.793. The van der Waals surface area contributed by atoms with Crippen LogP contribution in [0.3, 0.4) is 0 Å². The lowest BCUT2D eigenvalue weighted by Crippen LogP contribution is -2.38. The number of carbonyl (C=O) groups is 3. The van der Waals surface area contributed by atoms with Gasteiger partial charge in [0.1, 0.15) is 12.2 Å². The molecule has 0 spiro atoms. The van der Waals surface area contributed by atoms with Crippen molar-refractivity contribution in [3.8, 4) is 6.07 Å². The van der Waals surface area contributed by atoms with Crippen LogP contribution in [0.4, 0.5) is 10.5 Å². The minimum Gasteiger partial charge on any atom is -0.442 e. The lowest BCUT2D eigenvalue weighted by Gasteiger charge is -2.17. The number of halogens is 1. The third-order valence-corrected chi connectivity index (χ3v) is 4.84. The number of rotatable bonds is 3. The minimum atomic E-state index is -0.658. The highest BCUT2D eigenvalue weighted by Crippen LogP contribution is 2.28. The Labute approximate surface area is 159 Å². The van der Waals surface area contributed by atoms with Gasteiger partial charge in [-0.3, -0.25) is 19.4 Å². The third-order valence-electron chi connectivity index (χ3n) is 4.52. The smallest absolute Gasteiger partial charge is 0.414 e. The summed E-state index contributed by atoms with van der Waals surface area (Å²) >= 11 is 6.02. The van der Waals surface area contributed by atoms with E-state index in [0.29, 0.717) is 22.4 Å². The Morgan fingerprint density at radius 2 is 1.78 bits per heavy atom. The van der Waals surface area contributed by atoms with Crippen molar-refractivity contribution in [2.75, 3.05) is 18.0 Å². The molecule has 1 atom stereocenters. The lowest BCUT2D eigenvalue weighted by atomic mass is 10.1. The first-order chi connectivity index (χ1) is 13.0. The van der Waals surface area contributed by atoms with Crippen molar-refractivity contribution in [1.29, 1.82) is 5.26 Å². The number of hydrogen-bond acceptors (Lipinski definition) is 5. The summed E-state index contributed by atoms with van der Waals surface area (Å²) in [7, 11) is 0. The number of nitrogens with zero attached hydrogens (tertiary/aromatic N) is 3. The molecule has 2 aliphatic heterocycles. The van der Waals surface area contributed by atoms with E-state index in [1.165, 1.54) is 17.0 Å². The Balaban J connectivity index is 1.51. The maximum Gasteiger partial charge on any atom is 0.414 e. The van der Waals surface area contributed by atoms with Crippen LogP contribution in [-0.2, 0) is 4.74 Å². The predicted octanol–water partition coefficient (Wildman–Crippen LogP) is 2.83. The molecule has 4 rings (SSSR count). The molecule has 2 aromatic rings. The number of cyclic esters (lactones) is 1. The molecule has 0 N–H and O–H groups in total. The Bertz CT molecular complexity index is 995. The van der Waals surface area contributed by atoms with Crippen LogP contribution in [0, 0.1) is 11.3 Å². The van der Waals surface area contributed by atoms with Gasteiger partial charge in [-0.1, -0.05) is 23.7 Å². The molecule has 7 nitrogen and oxygen atoms in total. The molecule has 1 fully saturated rings. The van der Waals surface area contributed by atoms with E-state index in [0.717, 1.165) is 4.90 Å². The highest BCUT2D eigenvalue weighted by molar-refractivity contribution is 6.32. The summed E-state index contributed by atoms with van der Waals surface area (Å²) in [6, 6.07) is 13.2. The standard InChI is InChI=1S/C19H12ClN3O4/c20-16-7-12(6-5-11(16)8-21)22-9-13(27-19(22)26)10-23-17(24)14-3-1-2-4-15(14)18(23)25/h1-7,13H,9-10H2/t13-/m0/s1. The average molecular weight is 382 g/mol. The van der Waals surface area contributed by atoms with Crippen molar-refractivity contribution in [3.05, 3.63) is 64.2 Å². The lowest BCUT2D eigenvalue weighted by molar-refractivity contribution is 0.0558. The molecular formula is C19H12ClN3O4. The topological polar surface area (TPSA) is 90.7 Å². The summed E-state index contributed by atoms with van der Waals surface area (Å²) in [5.41, 5.74) is 1.48. The maximum atomic E-state index is 12.4. The summed E-state index contributed by atoms with van der Waals surface area (Å²) in [6.45, 7) is 0.132. The Morgan fingerprint density at radius 3 is 2.37 bits per heavy atom. The van der Waals surface area contributed by atoms with Crippen molar-refractivity contribution in [1.82, 2.24) is 4.90 Å². The molecular weight excluding hydrogens is 370 g/mol. The van der Waals surface area contributed by atoms with Gasteiger partial charge in [0.05, 0.1) is 34.8 Å². The van der Waals surface area contributed by atoms with Crippen LogP contribution in [0.2, 0.25) is 5.02 Å². The van der Waals surface area contributed by atoms with Gasteiger partial charge >= 0.3 is 6.09 Å². The minimum absolute atomic E-state index is 0.0292. The van der Waals surface area contributed by atoms with Crippen LogP contribution < -0.4 is 4.90 Å². The number of benzene rings is 2. The van der Waals surface area contributed by atoms with Crippen LogP contribution >= 0.6 is 11.6 Å². The van der Waals surface area contributed by atoms with Crippen molar-refractivity contribution in [2.45, 2.75) is 6.10 Å². The molecule has 134 valence electrons. The Morgan fingerprint density at radius 1 is 1.11 bits per heavy atom. The molecule has 0 radical (unpaired) electrons. The van der Waals surface area contributed by atoms with Gasteiger partial charge in [0.15, 0.2) is 0 Å². The fourth-order valence-corrected chi connectivity index (χ4v) is 3.42. The molecule has 2 aliphatic rings. The second-order valence-corrected chi connectivity index (χ2v) is 6.57. The van der Waals surface area contributed by atoms with Gasteiger partial charge in [-0.25, -0.2) is 4.79 Å². The number of fused-ring (bicyclic) bond motifs is 1. The van der Waals surface area contributed by atoms with Gasteiger partial charge < -0.3 is 4.74 Å². The van der Waals surface area contributed by atoms with Gasteiger partial charge in [-0.05, 0) is 30.3 Å². The molecule has 0 aliphatic carbocycles. The average Bonchev–Trinajstić information content (AvgIpc) is 3.15. The Kier molecular flexibility index (Phi) is 4.05. The van der Waals surface area contributed by atoms with E-state index in [4.69, 9.17) is 21.6 Å². The van der Waals surface area contributed by atoms with Crippen LogP contribution in [0.25, 0.3) is 0 Å². The highest BCUT2D eigenvalue weighted by atomic mass is 35.5. The molecule has 0 saturated carbocycles. The second-order valence-electron chi connectivity index (χ2n) is 6.16. The molecule has 0 aromatic heterocycles. The number of amides is 3. The first-order valence-electron chi connectivity index (χ1n) is 8.12. The van der Waals surface area contributed by atoms with Crippen molar-refractivity contribution < 1.29 is 19.1 Å². The van der Waals surface area contributed by atoms with Gasteiger partial charge in [0.2, 0.25) is 0 Å². The zero-order chi connectivity index (χ0) is 19.1. The van der Waals surface area contributed by atoms with Crippen LogP contribution in [-0.4, -0.2) is 42.0 Å². The molecule has 2 aromatic carbocycles. The number of ether oxygens (including phenoxy) is 1. The molecule has 1 saturated heterocycles. The summed E-state index contributed by atoms with van der Waals surface area (Å²) in [6.07, 6.45) is -1.26. The molecule has 0 bridgehead atoms. The monoisotopic (exact) mass is 381 g/mol. The largest absolute Gasteiger partial charge is 0.442 e. The quantitative estimate of drug-likeness (QED) is 0.762. The van der Waals surface area contributed by atoms with E-state index in [9.17, 15) is 14.4 Å². The first kappa shape index (κ1) is 17.1. The molecule has 8 heteroatoms. The van der Waals surface area contributed by atoms with Gasteiger partial charge in [-0.2, -0.15) is 5.26 Å². The first-order valence-corrected chi connectivity index (χ1v) is 8.50. The number of anilines is 1. The van der Waals surface area contributed by atoms with Gasteiger partial charge in [0.25, 0.3) is 11.8 Å². The van der Waals surface area contributed by atoms with Crippen LogP contribution in [0.5, 0.6) is 0 Å². The number of imide groups is 1. The second kappa shape index (κ2) is 6.41. The summed E-state index contributed by atoms with van der Waals surface area (Å²) in [4.78, 5) is 39.6. The SMILES string of the molecule is N#Cc1ccc(N2C[C@@H](CN3C(=O)c4ccccc4C3=O)OC2=O)cc1Cl. The van der Waals surface area contributed by atoms with Crippen molar-refractivity contribution >= 4 is 35.2 Å². The van der Waals surface area contributed by atoms with Gasteiger partial charge in [0, 0.05) is 5.69 Å². The summed E-state index contributed by atoms with van der Waals surface area (Å²) < 4.78 is 5.32. The van der Waals surface area contributed by atoms with E-state index >= 15 is 0 Å². The fraction of sp³-hybridized carbons (Fsp3) is 0.158. The van der Waals surface area contributed by atoms with E-state index in [1.807, 2.05) is 6.07 Å². The van der Waals surface area contributed by atoms with Gasteiger partial charge in [-0.15, -0.1) is 0 Å². The van der Waals surface area contributed by atoms with E-state index in [1.54, 1.807) is 30.3 Å². The molecule has 3 amide bonds. The van der Waals surface area contributed by atoms with Crippen molar-refractivity contribution in [2.24, 2.45) is 0 Å². The Hall–Kier alpha value is -3.37. The normalized spacial score (nSPS) is 18.5. The number of carbonyl (C=O) groups excluding carboxylic acids is 3. The molecule has 2 heterocycles. The predicted molar refractivity (Wildman–Crippen MR) is 95.6 cm³/mol. The van der Waals surface area contributed by atoms with E-state index in [-0.39, 0.29) is 18.1 Å². The molecule has 0 unspecified atom stereocenters. The van der Waals surface area contributed by atoms with E-state index < -0.39 is 24.0 Å². The van der Waals surface area contributed by atoms with Crippen LogP contribution in [0.1, 0.15) is 26.3 Å². The maximum absolute atomic E-state index is 12.4. The van der Waals surface area contributed by atoms with Crippen LogP contribution in [0.15, 0.2) is 42.5 Å². The zero-order valence-corrected chi connectivity index (χ0v) is 14.6. The highest BCUT2D eigenvalue weighted by Gasteiger charge is 2.40. The zero-order valence-electron chi connectivity index (χ0n) is 13.9.